The third kappa shape index (κ3) is 3.09. The summed E-state index contributed by atoms with van der Waals surface area (Å²) in [5.74, 6) is -0.203. The number of anilines is 1. The number of nitrogens with zero attached hydrogens (tertiary/aromatic N) is 1. The fourth-order valence-corrected chi connectivity index (χ4v) is 1.88. The Morgan fingerprint density at radius 1 is 1.33 bits per heavy atom. The molecule has 2 amide bonds. The van der Waals surface area contributed by atoms with Crippen LogP contribution in [0.4, 0.5) is 5.69 Å². The molecule has 0 saturated heterocycles. The first kappa shape index (κ1) is 12.6. The molecule has 0 spiro atoms. The lowest BCUT2D eigenvalue weighted by atomic mass is 10.2. The molecule has 0 heterocycles. The van der Waals surface area contributed by atoms with E-state index in [0.717, 1.165) is 24.1 Å². The molecule has 1 aromatic carbocycles. The minimum atomic E-state index is -0.116. The van der Waals surface area contributed by atoms with E-state index in [4.69, 9.17) is 0 Å². The first-order valence-electron chi connectivity index (χ1n) is 6.21. The van der Waals surface area contributed by atoms with Gasteiger partial charge >= 0.3 is 0 Å². The van der Waals surface area contributed by atoms with Gasteiger partial charge in [-0.2, -0.15) is 0 Å². The fraction of sp³-hybridized carbons (Fsp3) is 0.429. The Morgan fingerprint density at radius 2 is 2.00 bits per heavy atom. The van der Waals surface area contributed by atoms with E-state index in [1.54, 1.807) is 0 Å². The van der Waals surface area contributed by atoms with Crippen LogP contribution in [0.1, 0.15) is 25.3 Å². The summed E-state index contributed by atoms with van der Waals surface area (Å²) in [5.41, 5.74) is 1.79. The largest absolute Gasteiger partial charge is 0.352 e. The van der Waals surface area contributed by atoms with Crippen LogP contribution in [0, 0.1) is 6.92 Å². The maximum Gasteiger partial charge on any atom is 0.240 e. The molecule has 0 unspecified atom stereocenters. The summed E-state index contributed by atoms with van der Waals surface area (Å²) < 4.78 is 0. The SMILES string of the molecule is CC(=O)N(CC(=O)NC1CC1)c1ccccc1C. The van der Waals surface area contributed by atoms with Gasteiger partial charge in [-0.1, -0.05) is 18.2 Å². The molecule has 1 aromatic rings. The first-order chi connectivity index (χ1) is 8.58. The van der Waals surface area contributed by atoms with Gasteiger partial charge in [0.2, 0.25) is 11.8 Å². The van der Waals surface area contributed by atoms with Crippen LogP contribution in [-0.2, 0) is 9.59 Å². The van der Waals surface area contributed by atoms with Gasteiger partial charge in [0.1, 0.15) is 6.54 Å². The third-order valence-corrected chi connectivity index (χ3v) is 3.03. The molecule has 0 bridgehead atoms. The maximum absolute atomic E-state index is 11.8. The van der Waals surface area contributed by atoms with Gasteiger partial charge in [0.15, 0.2) is 0 Å². The molecular formula is C14H18N2O2. The van der Waals surface area contributed by atoms with Gasteiger partial charge in [-0.25, -0.2) is 0 Å². The number of hydrogen-bond donors (Lipinski definition) is 1. The Kier molecular flexibility index (Phi) is 3.65. The van der Waals surface area contributed by atoms with Crippen LogP contribution in [0.3, 0.4) is 0 Å². The molecule has 18 heavy (non-hydrogen) atoms. The van der Waals surface area contributed by atoms with E-state index in [9.17, 15) is 9.59 Å². The quantitative estimate of drug-likeness (QED) is 0.877. The molecule has 2 rings (SSSR count). The molecule has 0 radical (unpaired) electrons. The van der Waals surface area contributed by atoms with E-state index in [-0.39, 0.29) is 18.4 Å². The van der Waals surface area contributed by atoms with E-state index < -0.39 is 0 Å². The second kappa shape index (κ2) is 5.21. The van der Waals surface area contributed by atoms with Crippen molar-refractivity contribution in [2.24, 2.45) is 0 Å². The van der Waals surface area contributed by atoms with Crippen molar-refractivity contribution in [2.45, 2.75) is 32.7 Å². The number of para-hydroxylation sites is 1. The summed E-state index contributed by atoms with van der Waals surface area (Å²) in [7, 11) is 0. The fourth-order valence-electron chi connectivity index (χ4n) is 1.88. The van der Waals surface area contributed by atoms with Crippen molar-refractivity contribution in [3.05, 3.63) is 29.8 Å². The lowest BCUT2D eigenvalue weighted by molar-refractivity contribution is -0.123. The standard InChI is InChI=1S/C14H18N2O2/c1-10-5-3-4-6-13(10)16(11(2)17)9-14(18)15-12-7-8-12/h3-6,12H,7-9H2,1-2H3,(H,15,18). The van der Waals surface area contributed by atoms with Crippen LogP contribution >= 0.6 is 0 Å². The number of hydrogen-bond acceptors (Lipinski definition) is 2. The van der Waals surface area contributed by atoms with Crippen LogP contribution in [0.15, 0.2) is 24.3 Å². The normalized spacial score (nSPS) is 14.1. The van der Waals surface area contributed by atoms with Crippen LogP contribution in [0.2, 0.25) is 0 Å². The summed E-state index contributed by atoms with van der Waals surface area (Å²) in [6.45, 7) is 3.51. The monoisotopic (exact) mass is 246 g/mol. The van der Waals surface area contributed by atoms with E-state index in [2.05, 4.69) is 5.32 Å². The van der Waals surface area contributed by atoms with Crippen LogP contribution in [0.5, 0.6) is 0 Å². The zero-order valence-corrected chi connectivity index (χ0v) is 10.8. The van der Waals surface area contributed by atoms with Crippen molar-refractivity contribution >= 4 is 17.5 Å². The molecule has 96 valence electrons. The average Bonchev–Trinajstić information content (AvgIpc) is 3.10. The van der Waals surface area contributed by atoms with Crippen LogP contribution < -0.4 is 10.2 Å². The smallest absolute Gasteiger partial charge is 0.240 e. The minimum Gasteiger partial charge on any atom is -0.352 e. The van der Waals surface area contributed by atoms with Gasteiger partial charge in [0, 0.05) is 18.7 Å². The number of rotatable bonds is 4. The van der Waals surface area contributed by atoms with Crippen molar-refractivity contribution in [2.75, 3.05) is 11.4 Å². The first-order valence-corrected chi connectivity index (χ1v) is 6.21. The highest BCUT2D eigenvalue weighted by atomic mass is 16.2. The molecule has 4 nitrogen and oxygen atoms in total. The topological polar surface area (TPSA) is 49.4 Å². The predicted molar refractivity (Wildman–Crippen MR) is 70.4 cm³/mol. The maximum atomic E-state index is 11.8. The summed E-state index contributed by atoms with van der Waals surface area (Å²) in [5, 5.41) is 2.90. The lowest BCUT2D eigenvalue weighted by Gasteiger charge is -2.22. The second-order valence-electron chi connectivity index (χ2n) is 4.73. The molecule has 1 N–H and O–H groups in total. The van der Waals surface area contributed by atoms with Crippen molar-refractivity contribution in [3.63, 3.8) is 0 Å². The Labute approximate surface area is 107 Å². The summed E-state index contributed by atoms with van der Waals surface area (Å²) >= 11 is 0. The summed E-state index contributed by atoms with van der Waals surface area (Å²) in [6.07, 6.45) is 2.10. The third-order valence-electron chi connectivity index (χ3n) is 3.03. The summed E-state index contributed by atoms with van der Waals surface area (Å²) in [6, 6.07) is 7.91. The van der Waals surface area contributed by atoms with Gasteiger partial charge in [-0.15, -0.1) is 0 Å². The highest BCUT2D eigenvalue weighted by Crippen LogP contribution is 2.21. The number of benzene rings is 1. The summed E-state index contributed by atoms with van der Waals surface area (Å²) in [4.78, 5) is 25.0. The van der Waals surface area contributed by atoms with Gasteiger partial charge in [0.05, 0.1) is 0 Å². The van der Waals surface area contributed by atoms with Crippen molar-refractivity contribution < 1.29 is 9.59 Å². The minimum absolute atomic E-state index is 0.0871. The Bertz CT molecular complexity index is 467. The van der Waals surface area contributed by atoms with Crippen LogP contribution in [-0.4, -0.2) is 24.4 Å². The Hall–Kier alpha value is -1.84. The highest BCUT2D eigenvalue weighted by molar-refractivity contribution is 5.98. The zero-order valence-electron chi connectivity index (χ0n) is 10.8. The molecule has 1 aliphatic rings. The number of aryl methyl sites for hydroxylation is 1. The van der Waals surface area contributed by atoms with Gasteiger partial charge in [-0.3, -0.25) is 9.59 Å². The van der Waals surface area contributed by atoms with Gasteiger partial charge in [0.25, 0.3) is 0 Å². The van der Waals surface area contributed by atoms with Gasteiger partial charge < -0.3 is 10.2 Å². The van der Waals surface area contributed by atoms with E-state index in [0.29, 0.717) is 6.04 Å². The molecule has 4 heteroatoms. The van der Waals surface area contributed by atoms with E-state index in [1.165, 1.54) is 11.8 Å². The van der Waals surface area contributed by atoms with Crippen LogP contribution in [0.25, 0.3) is 0 Å². The molecule has 0 aromatic heterocycles. The molecule has 0 atom stereocenters. The predicted octanol–water partition coefficient (Wildman–Crippen LogP) is 1.63. The molecule has 1 fully saturated rings. The van der Waals surface area contributed by atoms with E-state index >= 15 is 0 Å². The molecular weight excluding hydrogens is 228 g/mol. The zero-order chi connectivity index (χ0) is 13.1. The molecule has 0 aliphatic heterocycles. The molecule has 1 aliphatic carbocycles. The molecule has 1 saturated carbocycles. The lowest BCUT2D eigenvalue weighted by Crippen LogP contribution is -2.40. The number of nitrogens with one attached hydrogen (secondary N) is 1. The average molecular weight is 246 g/mol. The number of amides is 2. The Morgan fingerprint density at radius 3 is 2.56 bits per heavy atom. The van der Waals surface area contributed by atoms with Crippen molar-refractivity contribution in [1.29, 1.82) is 0 Å². The highest BCUT2D eigenvalue weighted by Gasteiger charge is 2.25. The van der Waals surface area contributed by atoms with E-state index in [1.807, 2.05) is 31.2 Å². The van der Waals surface area contributed by atoms with Crippen molar-refractivity contribution in [1.82, 2.24) is 5.32 Å². The van der Waals surface area contributed by atoms with Crippen molar-refractivity contribution in [3.8, 4) is 0 Å². The Balaban J connectivity index is 2.10. The van der Waals surface area contributed by atoms with Gasteiger partial charge in [-0.05, 0) is 31.4 Å². The number of carbonyl (C=O) groups is 2. The number of carbonyl (C=O) groups excluding carboxylic acids is 2. The second-order valence-corrected chi connectivity index (χ2v) is 4.73.